The summed E-state index contributed by atoms with van der Waals surface area (Å²) in [5, 5.41) is 3.36. The van der Waals surface area contributed by atoms with Crippen LogP contribution in [0.15, 0.2) is 12.3 Å². The number of hydrogen-bond donors (Lipinski definition) is 1. The van der Waals surface area contributed by atoms with Gasteiger partial charge in [0.05, 0.1) is 0 Å². The van der Waals surface area contributed by atoms with Crippen LogP contribution in [-0.4, -0.2) is 38.8 Å². The highest BCUT2D eigenvalue weighted by molar-refractivity contribution is 5.53. The van der Waals surface area contributed by atoms with E-state index in [0.717, 1.165) is 38.4 Å². The van der Waals surface area contributed by atoms with E-state index in [1.807, 2.05) is 13.1 Å². The second-order valence-corrected chi connectivity index (χ2v) is 4.50. The van der Waals surface area contributed by atoms with Crippen molar-refractivity contribution in [1.29, 1.82) is 0 Å². The van der Waals surface area contributed by atoms with Gasteiger partial charge in [-0.3, -0.25) is 4.98 Å². The van der Waals surface area contributed by atoms with Crippen LogP contribution in [0, 0.1) is 6.92 Å². The van der Waals surface area contributed by atoms with Crippen LogP contribution in [0.1, 0.15) is 24.6 Å². The summed E-state index contributed by atoms with van der Waals surface area (Å²) >= 11 is 0. The predicted octanol–water partition coefficient (Wildman–Crippen LogP) is 1.97. The van der Waals surface area contributed by atoms with Crippen molar-refractivity contribution >= 4 is 5.69 Å². The maximum absolute atomic E-state index is 5.10. The van der Waals surface area contributed by atoms with Crippen molar-refractivity contribution in [1.82, 2.24) is 10.3 Å². The number of nitrogens with zero attached hydrogens (tertiary/aromatic N) is 2. The molecule has 0 aliphatic carbocycles. The fourth-order valence-electron chi connectivity index (χ4n) is 1.89. The van der Waals surface area contributed by atoms with E-state index in [0.29, 0.717) is 0 Å². The fraction of sp³-hybridized carbons (Fsp3) is 0.643. The molecule has 0 aliphatic heterocycles. The summed E-state index contributed by atoms with van der Waals surface area (Å²) in [4.78, 5) is 6.66. The van der Waals surface area contributed by atoms with E-state index in [1.165, 1.54) is 11.3 Å². The Hall–Kier alpha value is -1.13. The van der Waals surface area contributed by atoms with Crippen molar-refractivity contribution in [3.8, 4) is 0 Å². The summed E-state index contributed by atoms with van der Waals surface area (Å²) in [6, 6.07) is 2.15. The van der Waals surface area contributed by atoms with Crippen LogP contribution in [0.2, 0.25) is 0 Å². The molecule has 0 saturated heterocycles. The highest BCUT2D eigenvalue weighted by Gasteiger charge is 2.08. The average molecular weight is 251 g/mol. The third kappa shape index (κ3) is 4.63. The molecule has 1 rings (SSSR count). The van der Waals surface area contributed by atoms with E-state index in [4.69, 9.17) is 4.74 Å². The number of aryl methyl sites for hydroxylation is 1. The monoisotopic (exact) mass is 251 g/mol. The van der Waals surface area contributed by atoms with E-state index in [2.05, 4.69) is 35.2 Å². The van der Waals surface area contributed by atoms with E-state index < -0.39 is 0 Å². The zero-order chi connectivity index (χ0) is 13.4. The van der Waals surface area contributed by atoms with Gasteiger partial charge in [-0.1, -0.05) is 6.92 Å². The Bertz CT molecular complexity index is 355. The van der Waals surface area contributed by atoms with Gasteiger partial charge in [-0.05, 0) is 26.0 Å². The molecular weight excluding hydrogens is 226 g/mol. The molecule has 1 N–H and O–H groups in total. The summed E-state index contributed by atoms with van der Waals surface area (Å²) in [6.07, 6.45) is 3.01. The van der Waals surface area contributed by atoms with E-state index >= 15 is 0 Å². The molecule has 1 aromatic rings. The zero-order valence-corrected chi connectivity index (χ0v) is 12.0. The van der Waals surface area contributed by atoms with Crippen LogP contribution >= 0.6 is 0 Å². The Morgan fingerprint density at radius 1 is 1.44 bits per heavy atom. The molecule has 0 amide bonds. The van der Waals surface area contributed by atoms with Crippen molar-refractivity contribution < 1.29 is 4.74 Å². The summed E-state index contributed by atoms with van der Waals surface area (Å²) < 4.78 is 5.10. The van der Waals surface area contributed by atoms with Gasteiger partial charge in [0.15, 0.2) is 0 Å². The molecule has 18 heavy (non-hydrogen) atoms. The molecule has 4 nitrogen and oxygen atoms in total. The van der Waals surface area contributed by atoms with Gasteiger partial charge in [-0.25, -0.2) is 0 Å². The molecule has 1 aromatic heterocycles. The van der Waals surface area contributed by atoms with Crippen LogP contribution in [0.3, 0.4) is 0 Å². The maximum atomic E-state index is 5.10. The number of methoxy groups -OCH3 is 1. The van der Waals surface area contributed by atoms with Crippen molar-refractivity contribution in [2.45, 2.75) is 26.8 Å². The number of anilines is 1. The SMILES string of the molecule is CCNCc1cnc(C)cc1N(C)CCCOC. The van der Waals surface area contributed by atoms with Crippen molar-refractivity contribution in [3.05, 3.63) is 23.5 Å². The summed E-state index contributed by atoms with van der Waals surface area (Å²) in [5.41, 5.74) is 3.57. The topological polar surface area (TPSA) is 37.4 Å². The number of ether oxygens (including phenoxy) is 1. The van der Waals surface area contributed by atoms with Gasteiger partial charge in [-0.15, -0.1) is 0 Å². The highest BCUT2D eigenvalue weighted by atomic mass is 16.5. The third-order valence-corrected chi connectivity index (χ3v) is 2.92. The molecule has 0 saturated carbocycles. The molecule has 0 radical (unpaired) electrons. The number of hydrogen-bond acceptors (Lipinski definition) is 4. The lowest BCUT2D eigenvalue weighted by Crippen LogP contribution is -2.23. The van der Waals surface area contributed by atoms with Crippen LogP contribution in [0.5, 0.6) is 0 Å². The first-order chi connectivity index (χ1) is 8.69. The first-order valence-electron chi connectivity index (χ1n) is 6.55. The van der Waals surface area contributed by atoms with Gasteiger partial charge in [0.25, 0.3) is 0 Å². The maximum Gasteiger partial charge on any atom is 0.0479 e. The first kappa shape index (κ1) is 14.9. The molecule has 0 fully saturated rings. The zero-order valence-electron chi connectivity index (χ0n) is 12.0. The predicted molar refractivity (Wildman–Crippen MR) is 76.1 cm³/mol. The highest BCUT2D eigenvalue weighted by Crippen LogP contribution is 2.19. The van der Waals surface area contributed by atoms with Crippen molar-refractivity contribution in [2.24, 2.45) is 0 Å². The molecular formula is C14H25N3O. The van der Waals surface area contributed by atoms with Gasteiger partial charge < -0.3 is 15.0 Å². The van der Waals surface area contributed by atoms with Gasteiger partial charge in [-0.2, -0.15) is 0 Å². The Morgan fingerprint density at radius 2 is 2.22 bits per heavy atom. The minimum atomic E-state index is 0.803. The van der Waals surface area contributed by atoms with E-state index in [9.17, 15) is 0 Å². The van der Waals surface area contributed by atoms with Gasteiger partial charge >= 0.3 is 0 Å². The Labute approximate surface area is 110 Å². The van der Waals surface area contributed by atoms with E-state index in [-0.39, 0.29) is 0 Å². The normalized spacial score (nSPS) is 10.7. The molecule has 4 heteroatoms. The van der Waals surface area contributed by atoms with E-state index in [1.54, 1.807) is 7.11 Å². The second-order valence-electron chi connectivity index (χ2n) is 4.50. The Kier molecular flexibility index (Phi) is 6.68. The minimum absolute atomic E-state index is 0.803. The molecule has 1 heterocycles. The molecule has 0 aliphatic rings. The standard InChI is InChI=1S/C14H25N3O/c1-5-15-10-13-11-16-12(2)9-14(13)17(3)7-6-8-18-4/h9,11,15H,5-8,10H2,1-4H3. The lowest BCUT2D eigenvalue weighted by atomic mass is 10.2. The molecule has 0 spiro atoms. The largest absolute Gasteiger partial charge is 0.385 e. The number of rotatable bonds is 8. The van der Waals surface area contributed by atoms with Crippen molar-refractivity contribution in [2.75, 3.05) is 38.8 Å². The van der Waals surface area contributed by atoms with Gasteiger partial charge in [0.2, 0.25) is 0 Å². The molecule has 0 bridgehead atoms. The summed E-state index contributed by atoms with van der Waals surface area (Å²) in [5.74, 6) is 0. The summed E-state index contributed by atoms with van der Waals surface area (Å²) in [6.45, 7) is 7.79. The fourth-order valence-corrected chi connectivity index (χ4v) is 1.89. The molecule has 102 valence electrons. The lowest BCUT2D eigenvalue weighted by molar-refractivity contribution is 0.196. The number of nitrogens with one attached hydrogen (secondary N) is 1. The molecule has 0 aromatic carbocycles. The number of aromatic nitrogens is 1. The third-order valence-electron chi connectivity index (χ3n) is 2.92. The minimum Gasteiger partial charge on any atom is -0.385 e. The van der Waals surface area contributed by atoms with Crippen LogP contribution < -0.4 is 10.2 Å². The second kappa shape index (κ2) is 8.06. The van der Waals surface area contributed by atoms with Gasteiger partial charge in [0, 0.05) is 57.0 Å². The Morgan fingerprint density at radius 3 is 2.89 bits per heavy atom. The quantitative estimate of drug-likeness (QED) is 0.717. The summed E-state index contributed by atoms with van der Waals surface area (Å²) in [7, 11) is 3.87. The number of pyridine rings is 1. The average Bonchev–Trinajstić information content (AvgIpc) is 2.37. The molecule has 0 atom stereocenters. The van der Waals surface area contributed by atoms with Crippen LogP contribution in [0.4, 0.5) is 5.69 Å². The molecule has 0 unspecified atom stereocenters. The first-order valence-corrected chi connectivity index (χ1v) is 6.55. The lowest BCUT2D eigenvalue weighted by Gasteiger charge is -2.22. The smallest absolute Gasteiger partial charge is 0.0479 e. The van der Waals surface area contributed by atoms with Crippen LogP contribution in [-0.2, 0) is 11.3 Å². The van der Waals surface area contributed by atoms with Crippen LogP contribution in [0.25, 0.3) is 0 Å². The van der Waals surface area contributed by atoms with Gasteiger partial charge in [0.1, 0.15) is 0 Å². The van der Waals surface area contributed by atoms with Crippen molar-refractivity contribution in [3.63, 3.8) is 0 Å². The Balaban J connectivity index is 2.73.